The Kier molecular flexibility index (Phi) is 3.06. The van der Waals surface area contributed by atoms with Crippen molar-refractivity contribution in [3.05, 3.63) is 53.3 Å². The molecule has 0 spiro atoms. The first-order valence-corrected chi connectivity index (χ1v) is 7.06. The molecule has 3 rings (SSSR count). The van der Waals surface area contributed by atoms with Crippen molar-refractivity contribution in [3.8, 4) is 11.3 Å². The molecule has 2 nitrogen and oxygen atoms in total. The molecule has 0 saturated heterocycles. The van der Waals surface area contributed by atoms with Gasteiger partial charge in [-0.1, -0.05) is 38.4 Å². The lowest BCUT2D eigenvalue weighted by Gasteiger charge is -2.18. The number of H-pyrrole nitrogens is 1. The summed E-state index contributed by atoms with van der Waals surface area (Å²) in [4.78, 5) is 7.44. The minimum absolute atomic E-state index is 0.153. The van der Waals surface area contributed by atoms with E-state index in [1.807, 2.05) is 6.07 Å². The van der Waals surface area contributed by atoms with E-state index in [4.69, 9.17) is 11.6 Å². The summed E-state index contributed by atoms with van der Waals surface area (Å²) in [5, 5.41) is 1.87. The van der Waals surface area contributed by atoms with E-state index in [1.54, 1.807) is 12.4 Å². The Balaban J connectivity index is 2.14. The van der Waals surface area contributed by atoms with E-state index in [0.717, 1.165) is 16.8 Å². The van der Waals surface area contributed by atoms with Crippen molar-refractivity contribution in [2.45, 2.75) is 26.2 Å². The van der Waals surface area contributed by atoms with E-state index < -0.39 is 0 Å². The molecule has 0 aliphatic carbocycles. The van der Waals surface area contributed by atoms with Gasteiger partial charge in [0.25, 0.3) is 0 Å². The van der Waals surface area contributed by atoms with Crippen LogP contribution in [0.3, 0.4) is 0 Å². The molecule has 0 radical (unpaired) electrons. The predicted molar refractivity (Wildman–Crippen MR) is 85.2 cm³/mol. The quantitative estimate of drug-likeness (QED) is 0.655. The molecular weight excluding hydrogens is 268 g/mol. The van der Waals surface area contributed by atoms with Gasteiger partial charge in [-0.05, 0) is 35.2 Å². The Morgan fingerprint density at radius 2 is 1.90 bits per heavy atom. The molecule has 3 heteroatoms. The van der Waals surface area contributed by atoms with Gasteiger partial charge >= 0.3 is 0 Å². The maximum Gasteiger partial charge on any atom is 0.0682 e. The molecular formula is C17H17ClN2. The third-order valence-corrected chi connectivity index (χ3v) is 3.85. The van der Waals surface area contributed by atoms with Gasteiger partial charge in [0.2, 0.25) is 0 Å². The van der Waals surface area contributed by atoms with Crippen LogP contribution in [0, 0.1) is 0 Å². The number of pyridine rings is 1. The van der Waals surface area contributed by atoms with Crippen LogP contribution in [-0.4, -0.2) is 9.97 Å². The van der Waals surface area contributed by atoms with E-state index in [2.05, 4.69) is 55.0 Å². The fourth-order valence-electron chi connectivity index (χ4n) is 2.34. The first kappa shape index (κ1) is 13.2. The number of aromatic nitrogens is 2. The van der Waals surface area contributed by atoms with Crippen LogP contribution >= 0.6 is 11.6 Å². The lowest BCUT2D eigenvalue weighted by atomic mass is 9.86. The molecule has 2 aromatic heterocycles. The van der Waals surface area contributed by atoms with Crippen molar-refractivity contribution in [3.63, 3.8) is 0 Å². The van der Waals surface area contributed by atoms with Crippen LogP contribution in [0.15, 0.2) is 42.7 Å². The zero-order chi connectivity index (χ0) is 14.3. The zero-order valence-corrected chi connectivity index (χ0v) is 12.6. The van der Waals surface area contributed by atoms with Crippen LogP contribution in [-0.2, 0) is 5.41 Å². The number of nitrogens with one attached hydrogen (secondary N) is 1. The predicted octanol–water partition coefficient (Wildman–Crippen LogP) is 5.18. The number of hydrogen-bond donors (Lipinski definition) is 1. The number of fused-ring (bicyclic) bond motifs is 1. The van der Waals surface area contributed by atoms with Gasteiger partial charge in [-0.2, -0.15) is 0 Å². The van der Waals surface area contributed by atoms with Crippen LogP contribution in [0.2, 0.25) is 5.02 Å². The second-order valence-electron chi connectivity index (χ2n) is 6.09. The molecule has 1 N–H and O–H groups in total. The van der Waals surface area contributed by atoms with Gasteiger partial charge in [-0.25, -0.2) is 0 Å². The first-order chi connectivity index (χ1) is 9.45. The largest absolute Gasteiger partial charge is 0.354 e. The van der Waals surface area contributed by atoms with Crippen molar-refractivity contribution in [1.29, 1.82) is 0 Å². The second-order valence-corrected chi connectivity index (χ2v) is 6.50. The van der Waals surface area contributed by atoms with Crippen LogP contribution in [0.5, 0.6) is 0 Å². The molecule has 0 atom stereocenters. The van der Waals surface area contributed by atoms with Crippen LogP contribution < -0.4 is 0 Å². The van der Waals surface area contributed by atoms with Crippen LogP contribution in [0.4, 0.5) is 0 Å². The van der Waals surface area contributed by atoms with Gasteiger partial charge in [-0.15, -0.1) is 0 Å². The molecule has 102 valence electrons. The van der Waals surface area contributed by atoms with Crippen molar-refractivity contribution in [1.82, 2.24) is 9.97 Å². The van der Waals surface area contributed by atoms with Crippen molar-refractivity contribution in [2.75, 3.05) is 0 Å². The Hall–Kier alpha value is -1.80. The average Bonchev–Trinajstić information content (AvgIpc) is 2.80. The monoisotopic (exact) mass is 284 g/mol. The van der Waals surface area contributed by atoms with E-state index >= 15 is 0 Å². The summed E-state index contributed by atoms with van der Waals surface area (Å²) in [5.41, 5.74) is 4.62. The Bertz CT molecular complexity index is 766. The van der Waals surface area contributed by atoms with Crippen LogP contribution in [0.25, 0.3) is 22.2 Å². The summed E-state index contributed by atoms with van der Waals surface area (Å²) >= 11 is 6.21. The third kappa shape index (κ3) is 2.32. The molecule has 0 aliphatic rings. The first-order valence-electron chi connectivity index (χ1n) is 6.68. The highest BCUT2D eigenvalue weighted by atomic mass is 35.5. The molecule has 0 saturated carbocycles. The molecule has 0 unspecified atom stereocenters. The molecule has 20 heavy (non-hydrogen) atoms. The topological polar surface area (TPSA) is 28.7 Å². The number of nitrogens with zero attached hydrogens (tertiary/aromatic N) is 1. The Morgan fingerprint density at radius 3 is 2.60 bits per heavy atom. The molecule has 0 fully saturated rings. The van der Waals surface area contributed by atoms with Gasteiger partial charge in [0.1, 0.15) is 0 Å². The average molecular weight is 285 g/mol. The Morgan fingerprint density at radius 1 is 1.10 bits per heavy atom. The molecule has 3 aromatic rings. The highest BCUT2D eigenvalue weighted by molar-refractivity contribution is 6.33. The normalized spacial score (nSPS) is 12.0. The lowest BCUT2D eigenvalue weighted by Crippen LogP contribution is -2.10. The van der Waals surface area contributed by atoms with E-state index in [-0.39, 0.29) is 5.41 Å². The number of rotatable bonds is 1. The number of benzene rings is 1. The second kappa shape index (κ2) is 4.64. The summed E-state index contributed by atoms with van der Waals surface area (Å²) in [7, 11) is 0. The third-order valence-electron chi connectivity index (χ3n) is 3.55. The molecule has 0 aliphatic heterocycles. The van der Waals surface area contributed by atoms with E-state index in [1.165, 1.54) is 10.9 Å². The van der Waals surface area contributed by atoms with Crippen LogP contribution in [0.1, 0.15) is 26.3 Å². The summed E-state index contributed by atoms with van der Waals surface area (Å²) in [6.07, 6.45) is 3.43. The highest BCUT2D eigenvalue weighted by Crippen LogP contribution is 2.31. The lowest BCUT2D eigenvalue weighted by molar-refractivity contribution is 0.591. The number of halogens is 1. The standard InChI is InChI=1S/C17H17ClN2/c1-17(2,3)12-4-5-15-11(8-12)9-16(20-15)13-6-7-19-10-14(13)18/h4-10,20H,1-3H3. The summed E-state index contributed by atoms with van der Waals surface area (Å²) < 4.78 is 0. The minimum Gasteiger partial charge on any atom is -0.354 e. The van der Waals surface area contributed by atoms with Gasteiger partial charge in [0.05, 0.1) is 5.02 Å². The van der Waals surface area contributed by atoms with E-state index in [9.17, 15) is 0 Å². The fraction of sp³-hybridized carbons (Fsp3) is 0.235. The molecule has 1 aromatic carbocycles. The van der Waals surface area contributed by atoms with Gasteiger partial charge in [-0.3, -0.25) is 4.98 Å². The SMILES string of the molecule is CC(C)(C)c1ccc2[nH]c(-c3ccncc3Cl)cc2c1. The fourth-order valence-corrected chi connectivity index (χ4v) is 2.56. The summed E-state index contributed by atoms with van der Waals surface area (Å²) in [6.45, 7) is 6.67. The molecule has 0 bridgehead atoms. The number of hydrogen-bond acceptors (Lipinski definition) is 1. The van der Waals surface area contributed by atoms with Gasteiger partial charge in [0.15, 0.2) is 0 Å². The van der Waals surface area contributed by atoms with E-state index in [0.29, 0.717) is 5.02 Å². The van der Waals surface area contributed by atoms with Crippen molar-refractivity contribution in [2.24, 2.45) is 0 Å². The summed E-state index contributed by atoms with van der Waals surface area (Å²) in [5.74, 6) is 0. The smallest absolute Gasteiger partial charge is 0.0682 e. The highest BCUT2D eigenvalue weighted by Gasteiger charge is 2.15. The zero-order valence-electron chi connectivity index (χ0n) is 11.9. The van der Waals surface area contributed by atoms with Crippen molar-refractivity contribution < 1.29 is 0 Å². The van der Waals surface area contributed by atoms with Gasteiger partial charge in [0, 0.05) is 34.6 Å². The molecule has 2 heterocycles. The maximum absolute atomic E-state index is 6.21. The van der Waals surface area contributed by atoms with Gasteiger partial charge < -0.3 is 4.98 Å². The minimum atomic E-state index is 0.153. The summed E-state index contributed by atoms with van der Waals surface area (Å²) in [6, 6.07) is 10.6. The number of aromatic amines is 1. The maximum atomic E-state index is 6.21. The van der Waals surface area contributed by atoms with Crippen molar-refractivity contribution >= 4 is 22.5 Å². The molecule has 0 amide bonds. The Labute approximate surface area is 123 Å².